The van der Waals surface area contributed by atoms with E-state index in [1.807, 2.05) is 23.7 Å². The lowest BCUT2D eigenvalue weighted by atomic mass is 9.84. The molecule has 0 bridgehead atoms. The summed E-state index contributed by atoms with van der Waals surface area (Å²) in [6.07, 6.45) is 3.52. The number of thioether (sulfide) groups is 1. The molecule has 2 N–H and O–H groups in total. The zero-order valence-corrected chi connectivity index (χ0v) is 23.4. The van der Waals surface area contributed by atoms with Gasteiger partial charge in [0.1, 0.15) is 17.1 Å². The van der Waals surface area contributed by atoms with E-state index >= 15 is 8.78 Å². The summed E-state index contributed by atoms with van der Waals surface area (Å²) in [5, 5.41) is 2.82. The number of carbonyl (C=O) groups excluding carboxylic acids is 1. The van der Waals surface area contributed by atoms with E-state index in [1.54, 1.807) is 18.2 Å². The van der Waals surface area contributed by atoms with Crippen molar-refractivity contribution in [2.24, 2.45) is 0 Å². The molecule has 12 heteroatoms. The third-order valence-electron chi connectivity index (χ3n) is 6.57. The molecule has 0 heterocycles. The number of rotatable bonds is 12. The topological polar surface area (TPSA) is 87.7 Å². The highest BCUT2D eigenvalue weighted by Crippen LogP contribution is 2.32. The average Bonchev–Trinajstić information content (AvgIpc) is 2.88. The van der Waals surface area contributed by atoms with Crippen LogP contribution in [-0.2, 0) is 19.6 Å². The number of nitrogens with zero attached hydrogens (tertiary/aromatic N) is 1. The number of nitrogens with one attached hydrogen (secondary N) is 2. The molecule has 0 saturated heterocycles. The summed E-state index contributed by atoms with van der Waals surface area (Å²) in [5.74, 6) is -3.17. The first-order chi connectivity index (χ1) is 18.0. The Morgan fingerprint density at radius 3 is 2.29 bits per heavy atom. The number of halogens is 3. The number of ether oxygens (including phenoxy) is 1. The Labute approximate surface area is 226 Å². The third kappa shape index (κ3) is 7.64. The quantitative estimate of drug-likeness (QED) is 0.354. The number of amides is 1. The molecule has 0 radical (unpaired) electrons. The van der Waals surface area contributed by atoms with Crippen LogP contribution in [0, 0.1) is 17.5 Å². The summed E-state index contributed by atoms with van der Waals surface area (Å²) in [4.78, 5) is 14.4. The molecule has 0 unspecified atom stereocenters. The zero-order chi connectivity index (χ0) is 27.9. The van der Waals surface area contributed by atoms with Crippen molar-refractivity contribution in [1.29, 1.82) is 0 Å². The summed E-state index contributed by atoms with van der Waals surface area (Å²) < 4.78 is 77.3. The summed E-state index contributed by atoms with van der Waals surface area (Å²) >= 11 is 1.21. The lowest BCUT2D eigenvalue weighted by Crippen LogP contribution is -2.51. The second-order valence-electron chi connectivity index (χ2n) is 9.63. The fourth-order valence-electron chi connectivity index (χ4n) is 4.33. The zero-order valence-electron chi connectivity index (χ0n) is 21.7. The number of benzene rings is 2. The Balaban J connectivity index is 1.78. The first-order valence-electron chi connectivity index (χ1n) is 12.4. The molecule has 2 aromatic carbocycles. The minimum Gasteiger partial charge on any atom is -0.377 e. The molecule has 1 fully saturated rings. The van der Waals surface area contributed by atoms with Gasteiger partial charge in [0.25, 0.3) is 15.9 Å². The van der Waals surface area contributed by atoms with Crippen LogP contribution in [0.3, 0.4) is 0 Å². The van der Waals surface area contributed by atoms with E-state index in [-0.39, 0.29) is 5.82 Å². The van der Waals surface area contributed by atoms with Gasteiger partial charge in [-0.1, -0.05) is 31.4 Å². The van der Waals surface area contributed by atoms with E-state index < -0.39 is 49.8 Å². The molecule has 1 saturated carbocycles. The van der Waals surface area contributed by atoms with Gasteiger partial charge in [0.15, 0.2) is 11.6 Å². The second kappa shape index (κ2) is 13.2. The van der Waals surface area contributed by atoms with Gasteiger partial charge in [-0.25, -0.2) is 26.3 Å². The predicted octanol–water partition coefficient (Wildman–Crippen LogP) is 4.78. The molecule has 0 aliphatic heterocycles. The summed E-state index contributed by atoms with van der Waals surface area (Å²) in [5.41, 5.74) is -1.78. The van der Waals surface area contributed by atoms with Crippen LogP contribution >= 0.6 is 11.8 Å². The molecule has 1 aliphatic rings. The Hall–Kier alpha value is -2.28. The van der Waals surface area contributed by atoms with Crippen molar-refractivity contribution in [3.63, 3.8) is 0 Å². The number of anilines is 1. The van der Waals surface area contributed by atoms with Gasteiger partial charge in [-0.3, -0.25) is 4.79 Å². The molecule has 1 amide bonds. The van der Waals surface area contributed by atoms with Crippen LogP contribution in [0.25, 0.3) is 0 Å². The van der Waals surface area contributed by atoms with Crippen LogP contribution in [-0.4, -0.2) is 64.4 Å². The minimum atomic E-state index is -4.56. The van der Waals surface area contributed by atoms with Gasteiger partial charge in [0, 0.05) is 23.8 Å². The number of sulfonamides is 1. The standard InChI is InChI=1S/C26H34F3N3O4S2/c1-32(2)14-11-18(17-37-23-10-6-5-9-20(23)27)30-24-21(28)15-19(16-22(24)29)38(34,35)31-25(33)26(36-3)12-7-4-8-13-26/h5-6,9-10,15-16,18,30H,4,7-8,11-14,17H2,1-3H3,(H,31,33)/t18-/m1/s1. The van der Waals surface area contributed by atoms with Crippen molar-refractivity contribution in [2.45, 2.75) is 60.0 Å². The first kappa shape index (κ1) is 30.3. The van der Waals surface area contributed by atoms with E-state index in [2.05, 4.69) is 5.32 Å². The van der Waals surface area contributed by atoms with Gasteiger partial charge in [0.2, 0.25) is 0 Å². The largest absolute Gasteiger partial charge is 0.377 e. The van der Waals surface area contributed by atoms with Crippen LogP contribution in [0.5, 0.6) is 0 Å². The van der Waals surface area contributed by atoms with E-state index in [9.17, 15) is 17.6 Å². The SMILES string of the molecule is COC1(C(=O)NS(=O)(=O)c2cc(F)c(N[C@H](CCN(C)C)CSc3ccccc3F)c(F)c2)CCCCC1. The van der Waals surface area contributed by atoms with Crippen LogP contribution in [0.15, 0.2) is 46.2 Å². The maximum atomic E-state index is 15.1. The van der Waals surface area contributed by atoms with Gasteiger partial charge in [0.05, 0.1) is 4.90 Å². The molecule has 1 atom stereocenters. The normalized spacial score (nSPS) is 16.3. The maximum Gasteiger partial charge on any atom is 0.265 e. The Morgan fingerprint density at radius 1 is 1.08 bits per heavy atom. The lowest BCUT2D eigenvalue weighted by molar-refractivity contribution is -0.145. The smallest absolute Gasteiger partial charge is 0.265 e. The summed E-state index contributed by atoms with van der Waals surface area (Å²) in [7, 11) is 0.499. The van der Waals surface area contributed by atoms with Crippen molar-refractivity contribution in [1.82, 2.24) is 9.62 Å². The Kier molecular flexibility index (Phi) is 10.5. The van der Waals surface area contributed by atoms with Gasteiger partial charge < -0.3 is 15.0 Å². The fourth-order valence-corrected chi connectivity index (χ4v) is 6.41. The van der Waals surface area contributed by atoms with E-state index in [1.165, 1.54) is 24.9 Å². The van der Waals surface area contributed by atoms with Crippen LogP contribution in [0.1, 0.15) is 38.5 Å². The monoisotopic (exact) mass is 573 g/mol. The van der Waals surface area contributed by atoms with Gasteiger partial charge in [-0.2, -0.15) is 0 Å². The Morgan fingerprint density at radius 2 is 1.71 bits per heavy atom. The van der Waals surface area contributed by atoms with Crippen molar-refractivity contribution < 1.29 is 31.1 Å². The van der Waals surface area contributed by atoms with E-state index in [4.69, 9.17) is 4.74 Å². The number of methoxy groups -OCH3 is 1. The molecule has 2 aromatic rings. The highest BCUT2D eigenvalue weighted by Gasteiger charge is 2.41. The number of hydrogen-bond acceptors (Lipinski definition) is 7. The molecule has 7 nitrogen and oxygen atoms in total. The lowest BCUT2D eigenvalue weighted by Gasteiger charge is -2.34. The molecular weight excluding hydrogens is 539 g/mol. The summed E-state index contributed by atoms with van der Waals surface area (Å²) in [6, 6.07) is 7.13. The number of hydrogen-bond donors (Lipinski definition) is 2. The summed E-state index contributed by atoms with van der Waals surface area (Å²) in [6.45, 7) is 0.596. The van der Waals surface area contributed by atoms with Gasteiger partial charge in [-0.05, 0) is 64.2 Å². The molecule has 210 valence electrons. The third-order valence-corrected chi connectivity index (χ3v) is 9.09. The minimum absolute atomic E-state index is 0.308. The van der Waals surface area contributed by atoms with Crippen molar-refractivity contribution >= 4 is 33.4 Å². The fraction of sp³-hybridized carbons (Fsp3) is 0.500. The molecular formula is C26H34F3N3O4S2. The van der Waals surface area contributed by atoms with E-state index in [0.29, 0.717) is 61.4 Å². The molecule has 0 aromatic heterocycles. The maximum absolute atomic E-state index is 15.1. The average molecular weight is 574 g/mol. The highest BCUT2D eigenvalue weighted by atomic mass is 32.2. The highest BCUT2D eigenvalue weighted by molar-refractivity contribution is 7.99. The molecule has 0 spiro atoms. The van der Waals surface area contributed by atoms with Crippen LogP contribution in [0.4, 0.5) is 18.9 Å². The van der Waals surface area contributed by atoms with Crippen LogP contribution < -0.4 is 10.0 Å². The first-order valence-corrected chi connectivity index (χ1v) is 14.8. The predicted molar refractivity (Wildman–Crippen MR) is 142 cm³/mol. The second-order valence-corrected chi connectivity index (χ2v) is 12.4. The Bertz CT molecular complexity index is 1200. The molecule has 3 rings (SSSR count). The van der Waals surface area contributed by atoms with Gasteiger partial charge in [-0.15, -0.1) is 11.8 Å². The van der Waals surface area contributed by atoms with Crippen molar-refractivity contribution in [3.8, 4) is 0 Å². The van der Waals surface area contributed by atoms with Gasteiger partial charge >= 0.3 is 0 Å². The number of carbonyl (C=O) groups is 1. The van der Waals surface area contributed by atoms with Crippen molar-refractivity contribution in [2.75, 3.05) is 38.8 Å². The van der Waals surface area contributed by atoms with E-state index in [0.717, 1.165) is 6.42 Å². The molecule has 38 heavy (non-hydrogen) atoms. The molecule has 1 aliphatic carbocycles. The van der Waals surface area contributed by atoms with Crippen LogP contribution in [0.2, 0.25) is 0 Å². The van der Waals surface area contributed by atoms with Crippen molar-refractivity contribution in [3.05, 3.63) is 53.8 Å².